The molecule has 1 saturated heterocycles. The highest BCUT2D eigenvalue weighted by Crippen LogP contribution is 2.23. The van der Waals surface area contributed by atoms with Crippen LogP contribution in [-0.2, 0) is 11.2 Å². The Labute approximate surface area is 139 Å². The molecule has 4 heterocycles. The van der Waals surface area contributed by atoms with Crippen LogP contribution in [0.4, 0.5) is 0 Å². The summed E-state index contributed by atoms with van der Waals surface area (Å²) in [4.78, 5) is 22.2. The average Bonchev–Trinajstić information content (AvgIpc) is 3.05. The van der Waals surface area contributed by atoms with Gasteiger partial charge in [-0.15, -0.1) is 5.10 Å². The summed E-state index contributed by atoms with van der Waals surface area (Å²) in [5.41, 5.74) is 2.67. The van der Waals surface area contributed by atoms with E-state index < -0.39 is 0 Å². The maximum absolute atomic E-state index is 12.2. The average molecular weight is 320 g/mol. The molecule has 0 aromatic carbocycles. The maximum atomic E-state index is 12.2. The first kappa shape index (κ1) is 14.5. The molecule has 0 radical (unpaired) electrons. The van der Waals surface area contributed by atoms with Crippen LogP contribution in [0.15, 0.2) is 55.2 Å². The summed E-state index contributed by atoms with van der Waals surface area (Å²) in [7, 11) is 0. The summed E-state index contributed by atoms with van der Waals surface area (Å²) in [5.74, 6) is 0.117. The zero-order valence-corrected chi connectivity index (χ0v) is 13.0. The number of rotatable bonds is 4. The van der Waals surface area contributed by atoms with Gasteiger partial charge in [-0.2, -0.15) is 0 Å². The molecule has 0 spiro atoms. The second-order valence-corrected chi connectivity index (χ2v) is 5.82. The van der Waals surface area contributed by atoms with E-state index in [0.29, 0.717) is 19.5 Å². The smallest absolute Gasteiger partial charge is 0.227 e. The number of hydrogen-bond donors (Lipinski definition) is 0. The molecule has 1 aliphatic heterocycles. The zero-order valence-electron chi connectivity index (χ0n) is 13.0. The molecule has 120 valence electrons. The minimum absolute atomic E-state index is 0.117. The van der Waals surface area contributed by atoms with Crippen molar-refractivity contribution < 1.29 is 4.79 Å². The van der Waals surface area contributed by atoms with E-state index in [1.807, 2.05) is 40.0 Å². The van der Waals surface area contributed by atoms with E-state index in [2.05, 4.69) is 20.3 Å². The number of carbonyl (C=O) groups is 1. The summed E-state index contributed by atoms with van der Waals surface area (Å²) < 4.78 is 1.83. The molecular formula is C17H16N6O. The molecule has 0 bridgehead atoms. The van der Waals surface area contributed by atoms with Crippen LogP contribution in [-0.4, -0.2) is 48.9 Å². The van der Waals surface area contributed by atoms with Crippen LogP contribution in [0, 0.1) is 0 Å². The van der Waals surface area contributed by atoms with Crippen molar-refractivity contribution in [2.45, 2.75) is 12.5 Å². The van der Waals surface area contributed by atoms with E-state index in [1.165, 1.54) is 0 Å². The van der Waals surface area contributed by atoms with Crippen molar-refractivity contribution in [2.24, 2.45) is 0 Å². The van der Waals surface area contributed by atoms with Crippen LogP contribution < -0.4 is 0 Å². The Bertz CT molecular complexity index is 827. The Morgan fingerprint density at radius 1 is 1.12 bits per heavy atom. The Hall–Kier alpha value is -3.09. The summed E-state index contributed by atoms with van der Waals surface area (Å²) in [5, 5.41) is 8.37. The van der Waals surface area contributed by atoms with E-state index in [9.17, 15) is 4.79 Å². The van der Waals surface area contributed by atoms with Gasteiger partial charge in [-0.25, -0.2) is 4.68 Å². The van der Waals surface area contributed by atoms with Gasteiger partial charge in [0, 0.05) is 43.4 Å². The quantitative estimate of drug-likeness (QED) is 0.725. The van der Waals surface area contributed by atoms with Gasteiger partial charge in [0.25, 0.3) is 0 Å². The first-order chi connectivity index (χ1) is 11.8. The van der Waals surface area contributed by atoms with E-state index in [0.717, 1.165) is 16.8 Å². The topological polar surface area (TPSA) is 76.8 Å². The minimum Gasteiger partial charge on any atom is -0.338 e. The normalized spacial score (nSPS) is 14.4. The largest absolute Gasteiger partial charge is 0.338 e. The van der Waals surface area contributed by atoms with E-state index in [1.54, 1.807) is 24.8 Å². The molecule has 24 heavy (non-hydrogen) atoms. The highest BCUT2D eigenvalue weighted by Gasteiger charge is 2.32. The van der Waals surface area contributed by atoms with Crippen molar-refractivity contribution in [3.63, 3.8) is 0 Å². The molecule has 1 amide bonds. The molecule has 0 unspecified atom stereocenters. The van der Waals surface area contributed by atoms with Crippen LogP contribution in [0.3, 0.4) is 0 Å². The molecule has 0 atom stereocenters. The first-order valence-electron chi connectivity index (χ1n) is 7.78. The number of nitrogens with zero attached hydrogens (tertiary/aromatic N) is 6. The highest BCUT2D eigenvalue weighted by molar-refractivity contribution is 5.79. The van der Waals surface area contributed by atoms with Crippen LogP contribution in [0.1, 0.15) is 11.6 Å². The number of carbonyl (C=O) groups excluding carboxylic acids is 1. The fraction of sp³-hybridized carbons (Fsp3) is 0.235. The predicted octanol–water partition coefficient (Wildman–Crippen LogP) is 1.36. The fourth-order valence-corrected chi connectivity index (χ4v) is 2.72. The lowest BCUT2D eigenvalue weighted by Gasteiger charge is -2.38. The van der Waals surface area contributed by atoms with Gasteiger partial charge in [0.2, 0.25) is 5.91 Å². The lowest BCUT2D eigenvalue weighted by molar-refractivity contribution is -0.136. The van der Waals surface area contributed by atoms with Crippen LogP contribution in [0.25, 0.3) is 11.3 Å². The molecule has 7 nitrogen and oxygen atoms in total. The van der Waals surface area contributed by atoms with Crippen molar-refractivity contribution in [1.82, 2.24) is 29.9 Å². The maximum Gasteiger partial charge on any atom is 0.227 e. The van der Waals surface area contributed by atoms with Crippen molar-refractivity contribution in [3.05, 3.63) is 60.8 Å². The number of aromatic nitrogens is 5. The van der Waals surface area contributed by atoms with Gasteiger partial charge in [0.15, 0.2) is 0 Å². The van der Waals surface area contributed by atoms with Gasteiger partial charge >= 0.3 is 0 Å². The molecule has 7 heteroatoms. The number of amides is 1. The summed E-state index contributed by atoms with van der Waals surface area (Å²) >= 11 is 0. The molecule has 1 fully saturated rings. The summed E-state index contributed by atoms with van der Waals surface area (Å²) in [6.45, 7) is 1.32. The second kappa shape index (κ2) is 6.19. The molecule has 3 aromatic heterocycles. The molecule has 0 N–H and O–H groups in total. The van der Waals surface area contributed by atoms with Gasteiger partial charge in [-0.1, -0.05) is 11.3 Å². The van der Waals surface area contributed by atoms with Crippen LogP contribution >= 0.6 is 0 Å². The molecular weight excluding hydrogens is 304 g/mol. The predicted molar refractivity (Wildman–Crippen MR) is 86.8 cm³/mol. The Morgan fingerprint density at radius 3 is 2.62 bits per heavy atom. The lowest BCUT2D eigenvalue weighted by Crippen LogP contribution is -2.51. The van der Waals surface area contributed by atoms with Gasteiger partial charge in [-0.3, -0.25) is 14.8 Å². The number of likely N-dealkylation sites (tertiary alicyclic amines) is 1. The van der Waals surface area contributed by atoms with Crippen molar-refractivity contribution >= 4 is 5.91 Å². The SMILES string of the molecule is O=C(Cc1cccnc1)N1CC(n2cc(-c3cccnc3)nn2)C1. The zero-order chi connectivity index (χ0) is 16.4. The minimum atomic E-state index is 0.117. The van der Waals surface area contributed by atoms with Crippen molar-refractivity contribution in [1.29, 1.82) is 0 Å². The standard InChI is InChI=1S/C17H16N6O/c24-17(7-13-3-1-5-18-8-13)22-10-15(11-22)23-12-16(20-21-23)14-4-2-6-19-9-14/h1-6,8-9,12,15H,7,10-11H2. The molecule has 1 aliphatic rings. The third-order valence-electron chi connectivity index (χ3n) is 4.13. The van der Waals surface area contributed by atoms with E-state index in [4.69, 9.17) is 0 Å². The Kier molecular flexibility index (Phi) is 3.74. The molecule has 4 rings (SSSR count). The van der Waals surface area contributed by atoms with Gasteiger partial charge in [0.1, 0.15) is 5.69 Å². The second-order valence-electron chi connectivity index (χ2n) is 5.82. The monoisotopic (exact) mass is 320 g/mol. The Morgan fingerprint density at radius 2 is 1.92 bits per heavy atom. The molecule has 0 aliphatic carbocycles. The van der Waals surface area contributed by atoms with Crippen LogP contribution in [0.2, 0.25) is 0 Å². The fourth-order valence-electron chi connectivity index (χ4n) is 2.72. The number of pyridine rings is 2. The van der Waals surface area contributed by atoms with E-state index in [-0.39, 0.29) is 11.9 Å². The van der Waals surface area contributed by atoms with Crippen LogP contribution in [0.5, 0.6) is 0 Å². The van der Waals surface area contributed by atoms with Gasteiger partial charge in [0.05, 0.1) is 18.7 Å². The van der Waals surface area contributed by atoms with Gasteiger partial charge < -0.3 is 4.90 Å². The third-order valence-corrected chi connectivity index (χ3v) is 4.13. The van der Waals surface area contributed by atoms with Gasteiger partial charge in [-0.05, 0) is 23.8 Å². The Balaban J connectivity index is 1.36. The van der Waals surface area contributed by atoms with E-state index >= 15 is 0 Å². The first-order valence-corrected chi connectivity index (χ1v) is 7.78. The highest BCUT2D eigenvalue weighted by atomic mass is 16.2. The lowest BCUT2D eigenvalue weighted by atomic mass is 10.1. The van der Waals surface area contributed by atoms with Crippen molar-refractivity contribution in [3.8, 4) is 11.3 Å². The third kappa shape index (κ3) is 2.88. The molecule has 0 saturated carbocycles. The summed E-state index contributed by atoms with van der Waals surface area (Å²) in [6.07, 6.45) is 9.22. The van der Waals surface area contributed by atoms with Crippen molar-refractivity contribution in [2.75, 3.05) is 13.1 Å². The summed E-state index contributed by atoms with van der Waals surface area (Å²) in [6, 6.07) is 7.76. The molecule has 3 aromatic rings. The number of hydrogen-bond acceptors (Lipinski definition) is 5.